The normalized spacial score (nSPS) is 10.5. The van der Waals surface area contributed by atoms with Gasteiger partial charge in [0, 0.05) is 30.4 Å². The number of amides is 1. The van der Waals surface area contributed by atoms with Crippen molar-refractivity contribution in [1.82, 2.24) is 24.6 Å². The first kappa shape index (κ1) is 20.0. The van der Waals surface area contributed by atoms with Crippen molar-refractivity contribution in [2.45, 2.75) is 20.0 Å². The molecular weight excluding hydrogens is 374 g/mol. The van der Waals surface area contributed by atoms with Crippen LogP contribution in [0.15, 0.2) is 64.6 Å². The minimum Gasteiger partial charge on any atom is -0.494 e. The van der Waals surface area contributed by atoms with Crippen LogP contribution >= 0.6 is 0 Å². The van der Waals surface area contributed by atoms with Crippen molar-refractivity contribution < 1.29 is 9.53 Å². The van der Waals surface area contributed by atoms with E-state index in [-0.39, 0.29) is 36.7 Å². The molecule has 0 bridgehead atoms. The molecule has 0 unspecified atom stereocenters. The molecule has 9 heteroatoms. The molecule has 0 aliphatic heterocycles. The van der Waals surface area contributed by atoms with Crippen LogP contribution in [-0.2, 0) is 17.9 Å². The fourth-order valence-corrected chi connectivity index (χ4v) is 2.66. The number of benzene rings is 1. The number of nitrogens with one attached hydrogen (secondary N) is 1. The Kier molecular flexibility index (Phi) is 6.51. The van der Waals surface area contributed by atoms with Gasteiger partial charge in [-0.05, 0) is 37.3 Å². The molecular formula is C20H21N5O4. The molecule has 0 spiro atoms. The Morgan fingerprint density at radius 2 is 1.86 bits per heavy atom. The first-order valence-corrected chi connectivity index (χ1v) is 9.15. The van der Waals surface area contributed by atoms with E-state index < -0.39 is 0 Å². The number of ether oxygens (including phenoxy) is 1. The molecule has 0 aliphatic carbocycles. The third-order valence-corrected chi connectivity index (χ3v) is 4.08. The molecule has 0 aliphatic rings. The second-order valence-electron chi connectivity index (χ2n) is 6.13. The fraction of sp³-hybridized carbons (Fsp3) is 0.250. The van der Waals surface area contributed by atoms with Crippen LogP contribution in [0.4, 0.5) is 0 Å². The molecule has 1 N–H and O–H groups in total. The summed E-state index contributed by atoms with van der Waals surface area (Å²) in [7, 11) is 0. The highest BCUT2D eigenvalue weighted by Crippen LogP contribution is 2.19. The lowest BCUT2D eigenvalue weighted by molar-refractivity contribution is -0.121. The maximum atomic E-state index is 12.1. The predicted molar refractivity (Wildman–Crippen MR) is 107 cm³/mol. The summed E-state index contributed by atoms with van der Waals surface area (Å²) >= 11 is 0. The van der Waals surface area contributed by atoms with E-state index in [1.165, 1.54) is 33.9 Å². The van der Waals surface area contributed by atoms with Crippen molar-refractivity contribution in [3.63, 3.8) is 0 Å². The minimum atomic E-state index is -0.351. The van der Waals surface area contributed by atoms with E-state index >= 15 is 0 Å². The Balaban J connectivity index is 1.61. The summed E-state index contributed by atoms with van der Waals surface area (Å²) in [5.41, 5.74) is 0.914. The smallest absolute Gasteiger partial charge is 0.266 e. The molecule has 1 amide bonds. The van der Waals surface area contributed by atoms with Gasteiger partial charge in [0.2, 0.25) is 5.91 Å². The number of hydrogen-bond donors (Lipinski definition) is 1. The summed E-state index contributed by atoms with van der Waals surface area (Å²) < 4.78 is 7.92. The predicted octanol–water partition coefficient (Wildman–Crippen LogP) is 0.682. The lowest BCUT2D eigenvalue weighted by Crippen LogP contribution is -2.35. The van der Waals surface area contributed by atoms with E-state index in [1.54, 1.807) is 6.07 Å². The summed E-state index contributed by atoms with van der Waals surface area (Å²) in [6, 6.07) is 11.8. The number of rotatable bonds is 8. The molecule has 1 aromatic carbocycles. The highest BCUT2D eigenvalue weighted by molar-refractivity contribution is 5.75. The van der Waals surface area contributed by atoms with Crippen molar-refractivity contribution in [2.24, 2.45) is 0 Å². The quantitative estimate of drug-likeness (QED) is 0.601. The van der Waals surface area contributed by atoms with Gasteiger partial charge in [0.05, 0.1) is 25.2 Å². The molecule has 0 saturated heterocycles. The van der Waals surface area contributed by atoms with Crippen LogP contribution < -0.4 is 21.2 Å². The summed E-state index contributed by atoms with van der Waals surface area (Å²) in [5.74, 6) is 0.413. The standard InChI is InChI=1S/C20H21N5O4/c1-2-29-16-5-3-15(4-6-16)17-7-8-20(28)25(23-17)12-11-22-18(26)13-24-14-21-10-9-19(24)27/h3-10,14H,2,11-13H2,1H3,(H,22,26). The molecule has 2 aromatic heterocycles. The van der Waals surface area contributed by atoms with Gasteiger partial charge < -0.3 is 10.1 Å². The molecule has 3 rings (SSSR count). The Morgan fingerprint density at radius 3 is 2.59 bits per heavy atom. The first-order valence-electron chi connectivity index (χ1n) is 9.15. The molecule has 0 radical (unpaired) electrons. The second-order valence-corrected chi connectivity index (χ2v) is 6.13. The van der Waals surface area contributed by atoms with Gasteiger partial charge in [-0.15, -0.1) is 0 Å². The van der Waals surface area contributed by atoms with E-state index in [2.05, 4.69) is 15.4 Å². The lowest BCUT2D eigenvalue weighted by Gasteiger charge is -2.10. The van der Waals surface area contributed by atoms with E-state index in [0.29, 0.717) is 12.3 Å². The summed E-state index contributed by atoms with van der Waals surface area (Å²) in [6.45, 7) is 2.77. The van der Waals surface area contributed by atoms with Gasteiger partial charge in [-0.25, -0.2) is 9.67 Å². The summed E-state index contributed by atoms with van der Waals surface area (Å²) in [5, 5.41) is 7.03. The van der Waals surface area contributed by atoms with Gasteiger partial charge in [-0.2, -0.15) is 5.10 Å². The van der Waals surface area contributed by atoms with Gasteiger partial charge in [0.1, 0.15) is 12.3 Å². The van der Waals surface area contributed by atoms with Crippen LogP contribution in [-0.4, -0.2) is 38.4 Å². The van der Waals surface area contributed by atoms with E-state index in [0.717, 1.165) is 11.3 Å². The molecule has 2 heterocycles. The zero-order valence-corrected chi connectivity index (χ0v) is 15.9. The average Bonchev–Trinajstić information content (AvgIpc) is 2.72. The highest BCUT2D eigenvalue weighted by Gasteiger charge is 2.07. The van der Waals surface area contributed by atoms with Crippen LogP contribution in [0.1, 0.15) is 6.92 Å². The Labute approximate surface area is 166 Å². The summed E-state index contributed by atoms with van der Waals surface area (Å²) in [6.07, 6.45) is 2.67. The van der Waals surface area contributed by atoms with Gasteiger partial charge >= 0.3 is 0 Å². The molecule has 3 aromatic rings. The van der Waals surface area contributed by atoms with Crippen LogP contribution in [0.2, 0.25) is 0 Å². The maximum Gasteiger partial charge on any atom is 0.266 e. The van der Waals surface area contributed by atoms with Crippen molar-refractivity contribution in [2.75, 3.05) is 13.2 Å². The van der Waals surface area contributed by atoms with Crippen molar-refractivity contribution in [3.05, 3.63) is 75.7 Å². The number of carbonyl (C=O) groups excluding carboxylic acids is 1. The third-order valence-electron chi connectivity index (χ3n) is 4.08. The first-order chi connectivity index (χ1) is 14.1. The SMILES string of the molecule is CCOc1ccc(-c2ccc(=O)n(CCNC(=O)Cn3cnccc3=O)n2)cc1. The average molecular weight is 395 g/mol. The van der Waals surface area contributed by atoms with Gasteiger partial charge in [-0.3, -0.25) is 19.0 Å². The molecule has 29 heavy (non-hydrogen) atoms. The number of hydrogen-bond acceptors (Lipinski definition) is 6. The molecule has 0 saturated carbocycles. The molecule has 9 nitrogen and oxygen atoms in total. The highest BCUT2D eigenvalue weighted by atomic mass is 16.5. The van der Waals surface area contributed by atoms with Gasteiger partial charge in [-0.1, -0.05) is 0 Å². The van der Waals surface area contributed by atoms with Crippen molar-refractivity contribution >= 4 is 5.91 Å². The van der Waals surface area contributed by atoms with Crippen LogP contribution in [0.3, 0.4) is 0 Å². The monoisotopic (exact) mass is 395 g/mol. The van der Waals surface area contributed by atoms with Crippen molar-refractivity contribution in [1.29, 1.82) is 0 Å². The zero-order valence-electron chi connectivity index (χ0n) is 15.9. The van der Waals surface area contributed by atoms with Crippen LogP contribution in [0.5, 0.6) is 5.75 Å². The number of aromatic nitrogens is 4. The van der Waals surface area contributed by atoms with Crippen LogP contribution in [0, 0.1) is 0 Å². The topological polar surface area (TPSA) is 108 Å². The van der Waals surface area contributed by atoms with E-state index in [9.17, 15) is 14.4 Å². The molecule has 0 fully saturated rings. The third kappa shape index (κ3) is 5.38. The second kappa shape index (κ2) is 9.45. The van der Waals surface area contributed by atoms with E-state index in [1.807, 2.05) is 31.2 Å². The van der Waals surface area contributed by atoms with Gasteiger partial charge in [0.15, 0.2) is 0 Å². The number of nitrogens with zero attached hydrogens (tertiary/aromatic N) is 4. The largest absolute Gasteiger partial charge is 0.494 e. The minimum absolute atomic E-state index is 0.138. The number of carbonyl (C=O) groups is 1. The maximum absolute atomic E-state index is 12.1. The lowest BCUT2D eigenvalue weighted by atomic mass is 10.1. The molecule has 0 atom stereocenters. The zero-order chi connectivity index (χ0) is 20.6. The summed E-state index contributed by atoms with van der Waals surface area (Å²) in [4.78, 5) is 39.5. The Bertz CT molecular complexity index is 1090. The Hall–Kier alpha value is -3.75. The van der Waals surface area contributed by atoms with Gasteiger partial charge in [0.25, 0.3) is 11.1 Å². The van der Waals surface area contributed by atoms with Crippen LogP contribution in [0.25, 0.3) is 11.3 Å². The Morgan fingerprint density at radius 1 is 1.07 bits per heavy atom. The van der Waals surface area contributed by atoms with Crippen molar-refractivity contribution in [3.8, 4) is 17.0 Å². The van der Waals surface area contributed by atoms with E-state index in [4.69, 9.17) is 4.74 Å². The fourth-order valence-electron chi connectivity index (χ4n) is 2.66. The molecule has 150 valence electrons.